The van der Waals surface area contributed by atoms with E-state index in [1.807, 2.05) is 0 Å². The SMILES string of the molecule is CN(c1ccc(N2CCCC2)cc1)c1ccc2c(c1)CO[C@H]2CCc1cnccc1C(=O)O. The first-order valence-electron chi connectivity index (χ1n) is 11.6. The number of nitrogens with zero attached hydrogens (tertiary/aromatic N) is 3. The number of hydrogen-bond donors (Lipinski definition) is 1. The summed E-state index contributed by atoms with van der Waals surface area (Å²) in [6.07, 6.45) is 7.04. The van der Waals surface area contributed by atoms with Crippen LogP contribution in [0.25, 0.3) is 0 Å². The molecule has 1 atom stereocenters. The van der Waals surface area contributed by atoms with Gasteiger partial charge >= 0.3 is 5.97 Å². The van der Waals surface area contributed by atoms with E-state index in [2.05, 4.69) is 64.3 Å². The Balaban J connectivity index is 1.27. The van der Waals surface area contributed by atoms with E-state index in [4.69, 9.17) is 4.74 Å². The average Bonchev–Trinajstić information content (AvgIpc) is 3.52. The number of aromatic carboxylic acids is 1. The summed E-state index contributed by atoms with van der Waals surface area (Å²) >= 11 is 0. The van der Waals surface area contributed by atoms with Crippen molar-refractivity contribution >= 4 is 23.0 Å². The largest absolute Gasteiger partial charge is 0.478 e. The molecule has 0 saturated carbocycles. The molecule has 0 unspecified atom stereocenters. The molecule has 1 fully saturated rings. The number of aryl methyl sites for hydroxylation is 1. The Hall–Kier alpha value is -3.38. The Morgan fingerprint density at radius 3 is 2.64 bits per heavy atom. The second-order valence-electron chi connectivity index (χ2n) is 8.83. The number of hydrogen-bond acceptors (Lipinski definition) is 5. The van der Waals surface area contributed by atoms with Crippen molar-refractivity contribution in [2.45, 2.75) is 38.4 Å². The van der Waals surface area contributed by atoms with E-state index in [0.29, 0.717) is 18.6 Å². The maximum absolute atomic E-state index is 11.5. The number of carboxylic acids is 1. The van der Waals surface area contributed by atoms with Crippen LogP contribution in [0.5, 0.6) is 0 Å². The summed E-state index contributed by atoms with van der Waals surface area (Å²) in [7, 11) is 2.09. The molecule has 5 rings (SSSR count). The number of rotatable bonds is 7. The molecule has 1 saturated heterocycles. The van der Waals surface area contributed by atoms with Crippen LogP contribution in [0, 0.1) is 0 Å². The third kappa shape index (κ3) is 4.44. The minimum Gasteiger partial charge on any atom is -0.478 e. The van der Waals surface area contributed by atoms with Gasteiger partial charge in [0, 0.05) is 49.6 Å². The fourth-order valence-corrected chi connectivity index (χ4v) is 4.89. The third-order valence-corrected chi connectivity index (χ3v) is 6.82. The van der Waals surface area contributed by atoms with Gasteiger partial charge < -0.3 is 19.6 Å². The number of pyridine rings is 1. The highest BCUT2D eigenvalue weighted by atomic mass is 16.5. The van der Waals surface area contributed by atoms with Gasteiger partial charge in [0.2, 0.25) is 0 Å². The first-order valence-corrected chi connectivity index (χ1v) is 11.6. The first kappa shape index (κ1) is 21.5. The average molecular weight is 444 g/mol. The smallest absolute Gasteiger partial charge is 0.336 e. The molecule has 33 heavy (non-hydrogen) atoms. The second kappa shape index (κ2) is 9.24. The highest BCUT2D eigenvalue weighted by Crippen LogP contribution is 2.37. The molecule has 0 radical (unpaired) electrons. The molecule has 0 spiro atoms. The van der Waals surface area contributed by atoms with Gasteiger partial charge in [0.25, 0.3) is 0 Å². The molecule has 2 aliphatic heterocycles. The zero-order valence-corrected chi connectivity index (χ0v) is 18.9. The van der Waals surface area contributed by atoms with Gasteiger partial charge in [-0.25, -0.2) is 4.79 Å². The van der Waals surface area contributed by atoms with Gasteiger partial charge in [-0.2, -0.15) is 0 Å². The van der Waals surface area contributed by atoms with Gasteiger partial charge in [-0.3, -0.25) is 4.98 Å². The van der Waals surface area contributed by atoms with Crippen LogP contribution < -0.4 is 9.80 Å². The van der Waals surface area contributed by atoms with Crippen molar-refractivity contribution in [2.75, 3.05) is 29.9 Å². The topological polar surface area (TPSA) is 65.9 Å². The maximum atomic E-state index is 11.5. The fraction of sp³-hybridized carbons (Fsp3) is 0.333. The Morgan fingerprint density at radius 2 is 1.88 bits per heavy atom. The van der Waals surface area contributed by atoms with Crippen LogP contribution in [0.3, 0.4) is 0 Å². The summed E-state index contributed by atoms with van der Waals surface area (Å²) in [5.41, 5.74) is 7.04. The Kier molecular flexibility index (Phi) is 6.01. The molecular formula is C27H29N3O3. The molecule has 170 valence electrons. The van der Waals surface area contributed by atoms with Crippen LogP contribution in [0.1, 0.15) is 52.4 Å². The van der Waals surface area contributed by atoms with Gasteiger partial charge in [-0.05, 0) is 84.8 Å². The maximum Gasteiger partial charge on any atom is 0.336 e. The van der Waals surface area contributed by atoms with Crippen LogP contribution in [0.15, 0.2) is 60.9 Å². The van der Waals surface area contributed by atoms with E-state index >= 15 is 0 Å². The number of carbonyl (C=O) groups is 1. The van der Waals surface area contributed by atoms with Crippen LogP contribution >= 0.6 is 0 Å². The summed E-state index contributed by atoms with van der Waals surface area (Å²) in [6, 6.07) is 16.9. The van der Waals surface area contributed by atoms with Crippen molar-refractivity contribution in [3.8, 4) is 0 Å². The quantitative estimate of drug-likeness (QED) is 0.531. The van der Waals surface area contributed by atoms with E-state index in [1.165, 1.54) is 35.9 Å². The van der Waals surface area contributed by atoms with E-state index < -0.39 is 5.97 Å². The lowest BCUT2D eigenvalue weighted by atomic mass is 9.97. The lowest BCUT2D eigenvalue weighted by Gasteiger charge is -2.23. The zero-order chi connectivity index (χ0) is 22.8. The molecule has 3 aromatic rings. The van der Waals surface area contributed by atoms with Gasteiger partial charge in [0.05, 0.1) is 18.3 Å². The molecule has 1 N–H and O–H groups in total. The number of fused-ring (bicyclic) bond motifs is 1. The van der Waals surface area contributed by atoms with Crippen LogP contribution in [0.2, 0.25) is 0 Å². The highest BCUT2D eigenvalue weighted by Gasteiger charge is 2.24. The van der Waals surface area contributed by atoms with Crippen molar-refractivity contribution in [3.05, 3.63) is 83.2 Å². The van der Waals surface area contributed by atoms with Crippen LogP contribution in [-0.2, 0) is 17.8 Å². The van der Waals surface area contributed by atoms with Crippen molar-refractivity contribution in [1.82, 2.24) is 4.98 Å². The predicted octanol–water partition coefficient (Wildman–Crippen LogP) is 5.35. The minimum atomic E-state index is -0.915. The molecule has 6 heteroatoms. The van der Waals surface area contributed by atoms with Crippen molar-refractivity contribution in [2.24, 2.45) is 0 Å². The number of anilines is 3. The zero-order valence-electron chi connectivity index (χ0n) is 18.9. The van der Waals surface area contributed by atoms with Gasteiger partial charge in [-0.15, -0.1) is 0 Å². The van der Waals surface area contributed by atoms with Crippen molar-refractivity contribution in [1.29, 1.82) is 0 Å². The fourth-order valence-electron chi connectivity index (χ4n) is 4.89. The number of ether oxygens (including phenoxy) is 1. The second-order valence-corrected chi connectivity index (χ2v) is 8.83. The number of benzene rings is 2. The molecule has 2 aliphatic rings. The van der Waals surface area contributed by atoms with E-state index in [-0.39, 0.29) is 6.10 Å². The third-order valence-electron chi connectivity index (χ3n) is 6.82. The molecule has 1 aromatic heterocycles. The van der Waals surface area contributed by atoms with Crippen molar-refractivity contribution in [3.63, 3.8) is 0 Å². The molecule has 6 nitrogen and oxygen atoms in total. The van der Waals surface area contributed by atoms with E-state index in [1.54, 1.807) is 12.3 Å². The summed E-state index contributed by atoms with van der Waals surface area (Å²) < 4.78 is 6.07. The predicted molar refractivity (Wildman–Crippen MR) is 129 cm³/mol. The molecule has 0 amide bonds. The van der Waals surface area contributed by atoms with Gasteiger partial charge in [0.1, 0.15) is 0 Å². The first-order chi connectivity index (χ1) is 16.1. The minimum absolute atomic E-state index is 0.0269. The monoisotopic (exact) mass is 443 g/mol. The standard InChI is InChI=1S/C27H29N3O3/c1-29(21-5-7-22(8-6-21)30-14-2-3-15-30)23-9-10-24-20(16-23)18-33-26(24)11-4-19-17-28-13-12-25(19)27(31)32/h5-10,12-13,16-17,26H,2-4,11,14-15,18H2,1H3,(H,31,32)/t26-/m0/s1. The van der Waals surface area contributed by atoms with E-state index in [9.17, 15) is 9.90 Å². The Bertz CT molecular complexity index is 1140. The Labute approximate surface area is 194 Å². The highest BCUT2D eigenvalue weighted by molar-refractivity contribution is 5.89. The summed E-state index contributed by atoms with van der Waals surface area (Å²) in [5.74, 6) is -0.915. The molecule has 0 aliphatic carbocycles. The summed E-state index contributed by atoms with van der Waals surface area (Å²) in [4.78, 5) is 20.2. The van der Waals surface area contributed by atoms with E-state index in [0.717, 1.165) is 36.4 Å². The van der Waals surface area contributed by atoms with Crippen LogP contribution in [0.4, 0.5) is 17.1 Å². The Morgan fingerprint density at radius 1 is 1.12 bits per heavy atom. The normalized spacial score (nSPS) is 17.2. The molecule has 2 aromatic carbocycles. The van der Waals surface area contributed by atoms with Crippen molar-refractivity contribution < 1.29 is 14.6 Å². The van der Waals surface area contributed by atoms with Gasteiger partial charge in [-0.1, -0.05) is 6.07 Å². The molecule has 3 heterocycles. The number of carboxylic acid groups (broad SMARTS) is 1. The lowest BCUT2D eigenvalue weighted by molar-refractivity contribution is 0.0599. The van der Waals surface area contributed by atoms with Gasteiger partial charge in [0.15, 0.2) is 0 Å². The summed E-state index contributed by atoms with van der Waals surface area (Å²) in [6.45, 7) is 2.88. The lowest BCUT2D eigenvalue weighted by Crippen LogP contribution is -2.17. The summed E-state index contributed by atoms with van der Waals surface area (Å²) in [5, 5.41) is 9.40. The molecule has 0 bridgehead atoms. The van der Waals surface area contributed by atoms with Crippen LogP contribution in [-0.4, -0.2) is 36.2 Å². The number of aromatic nitrogens is 1. The molecular weight excluding hydrogens is 414 g/mol.